The first kappa shape index (κ1) is 21.1. The minimum absolute atomic E-state index is 0.196. The Hall–Kier alpha value is -3.13. The zero-order valence-corrected chi connectivity index (χ0v) is 18.9. The maximum atomic E-state index is 6.28. The molecule has 164 valence electrons. The van der Waals surface area contributed by atoms with E-state index >= 15 is 0 Å². The number of aromatic nitrogens is 4. The van der Waals surface area contributed by atoms with Gasteiger partial charge in [0, 0.05) is 49.9 Å². The first-order valence-electron chi connectivity index (χ1n) is 10.7. The zero-order valence-electron chi connectivity index (χ0n) is 18.9. The van der Waals surface area contributed by atoms with Gasteiger partial charge in [-0.2, -0.15) is 10.2 Å². The lowest BCUT2D eigenvalue weighted by atomic mass is 9.91. The van der Waals surface area contributed by atoms with Crippen molar-refractivity contribution in [2.45, 2.75) is 33.1 Å². The number of hydrogen-bond donors (Lipinski definition) is 3. The summed E-state index contributed by atoms with van der Waals surface area (Å²) in [7, 11) is 3.73. The van der Waals surface area contributed by atoms with Crippen LogP contribution in [0.15, 0.2) is 34.5 Å². The van der Waals surface area contributed by atoms with Crippen molar-refractivity contribution in [1.82, 2.24) is 25.3 Å². The molecule has 0 amide bonds. The summed E-state index contributed by atoms with van der Waals surface area (Å²) in [6.07, 6.45) is 0.784. The van der Waals surface area contributed by atoms with Crippen molar-refractivity contribution in [3.8, 4) is 17.0 Å². The number of H-pyrrole nitrogens is 1. The summed E-state index contributed by atoms with van der Waals surface area (Å²) in [5.41, 5.74) is 14.2. The van der Waals surface area contributed by atoms with Crippen molar-refractivity contribution in [3.63, 3.8) is 0 Å². The Morgan fingerprint density at radius 3 is 2.90 bits per heavy atom. The van der Waals surface area contributed by atoms with Crippen molar-refractivity contribution >= 4 is 16.6 Å². The SMILES string of the molecule is CN=C1CNCCOc2c(c(C)nn2C)-c2ccc3n[nH]c(c3c2)C(C)C/C1=C(\C)N. The summed E-state index contributed by atoms with van der Waals surface area (Å²) >= 11 is 0. The molecule has 0 saturated carbocycles. The Balaban J connectivity index is 1.87. The largest absolute Gasteiger partial charge is 0.476 e. The number of rotatable bonds is 0. The normalized spacial score (nSPS) is 20.9. The topological polar surface area (TPSA) is 106 Å². The second-order valence-corrected chi connectivity index (χ2v) is 8.22. The molecule has 0 spiro atoms. The smallest absolute Gasteiger partial charge is 0.219 e. The highest BCUT2D eigenvalue weighted by molar-refractivity contribution is 6.02. The quantitative estimate of drug-likeness (QED) is 0.517. The van der Waals surface area contributed by atoms with Gasteiger partial charge >= 0.3 is 0 Å². The van der Waals surface area contributed by atoms with E-state index in [0.717, 1.165) is 62.7 Å². The van der Waals surface area contributed by atoms with Crippen LogP contribution in [-0.2, 0) is 7.05 Å². The molecule has 2 bridgehead atoms. The maximum absolute atomic E-state index is 6.28. The van der Waals surface area contributed by atoms with Crippen molar-refractivity contribution in [2.75, 3.05) is 26.7 Å². The molecule has 1 unspecified atom stereocenters. The van der Waals surface area contributed by atoms with Crippen LogP contribution in [0, 0.1) is 6.92 Å². The van der Waals surface area contributed by atoms with Gasteiger partial charge in [-0.1, -0.05) is 13.0 Å². The summed E-state index contributed by atoms with van der Waals surface area (Å²) < 4.78 is 7.97. The third-order valence-corrected chi connectivity index (χ3v) is 5.95. The molecule has 0 fully saturated rings. The van der Waals surface area contributed by atoms with Crippen LogP contribution in [-0.4, -0.2) is 52.4 Å². The molecule has 8 nitrogen and oxygen atoms in total. The van der Waals surface area contributed by atoms with E-state index in [2.05, 4.69) is 50.7 Å². The number of nitrogens with zero attached hydrogens (tertiary/aromatic N) is 4. The number of hydrogen-bond acceptors (Lipinski definition) is 6. The van der Waals surface area contributed by atoms with Gasteiger partial charge in [-0.05, 0) is 43.5 Å². The van der Waals surface area contributed by atoms with Gasteiger partial charge in [0.25, 0.3) is 0 Å². The number of aromatic amines is 1. The number of ether oxygens (including phenoxy) is 1. The van der Waals surface area contributed by atoms with E-state index in [-0.39, 0.29) is 5.92 Å². The summed E-state index contributed by atoms with van der Waals surface area (Å²) in [6.45, 7) is 8.02. The lowest BCUT2D eigenvalue weighted by Crippen LogP contribution is -2.29. The van der Waals surface area contributed by atoms with Gasteiger partial charge < -0.3 is 15.8 Å². The van der Waals surface area contributed by atoms with Crippen LogP contribution >= 0.6 is 0 Å². The summed E-state index contributed by atoms with van der Waals surface area (Å²) in [6, 6.07) is 6.33. The average Bonchev–Trinajstić information content (AvgIpc) is 3.28. The number of benzene rings is 1. The first-order chi connectivity index (χ1) is 14.9. The third-order valence-electron chi connectivity index (χ3n) is 5.95. The van der Waals surface area contributed by atoms with Crippen molar-refractivity contribution in [3.05, 3.63) is 40.9 Å². The molecule has 1 aliphatic rings. The molecule has 0 radical (unpaired) electrons. The molecule has 8 heteroatoms. The monoisotopic (exact) mass is 421 g/mol. The number of nitrogens with two attached hydrogens (primary N) is 1. The second-order valence-electron chi connectivity index (χ2n) is 8.22. The molecule has 2 aromatic heterocycles. The molecule has 31 heavy (non-hydrogen) atoms. The molecule has 1 aliphatic heterocycles. The Labute approximate surface area is 182 Å². The van der Waals surface area contributed by atoms with Crippen molar-refractivity contribution < 1.29 is 4.74 Å². The Bertz CT molecular complexity index is 1160. The lowest BCUT2D eigenvalue weighted by molar-refractivity contribution is 0.291. The van der Waals surface area contributed by atoms with E-state index in [1.807, 2.05) is 32.6 Å². The Kier molecular flexibility index (Phi) is 5.82. The number of aryl methyl sites for hydroxylation is 2. The summed E-state index contributed by atoms with van der Waals surface area (Å²) in [4.78, 5) is 4.52. The fourth-order valence-electron chi connectivity index (χ4n) is 4.36. The van der Waals surface area contributed by atoms with Gasteiger partial charge in [-0.25, -0.2) is 4.68 Å². The lowest BCUT2D eigenvalue weighted by Gasteiger charge is -2.17. The molecule has 4 N–H and O–H groups in total. The van der Waals surface area contributed by atoms with Crippen LogP contribution in [0.25, 0.3) is 22.0 Å². The van der Waals surface area contributed by atoms with Crippen LogP contribution in [0.1, 0.15) is 37.6 Å². The van der Waals surface area contributed by atoms with E-state index < -0.39 is 0 Å². The predicted octanol–water partition coefficient (Wildman–Crippen LogP) is 3.05. The number of allylic oxidation sites excluding steroid dienone is 1. The molecule has 1 atom stereocenters. The molecule has 3 aromatic rings. The van der Waals surface area contributed by atoms with Crippen LogP contribution in [0.2, 0.25) is 0 Å². The maximum Gasteiger partial charge on any atom is 0.219 e. The molecule has 3 heterocycles. The highest BCUT2D eigenvalue weighted by Gasteiger charge is 2.22. The van der Waals surface area contributed by atoms with E-state index in [4.69, 9.17) is 10.5 Å². The van der Waals surface area contributed by atoms with E-state index in [0.29, 0.717) is 19.7 Å². The Morgan fingerprint density at radius 2 is 2.16 bits per heavy atom. The molecular weight excluding hydrogens is 390 g/mol. The second kappa shape index (κ2) is 8.55. The first-order valence-corrected chi connectivity index (χ1v) is 10.7. The summed E-state index contributed by atoms with van der Waals surface area (Å²) in [5.74, 6) is 0.968. The zero-order chi connectivity index (χ0) is 22.1. The molecule has 4 rings (SSSR count). The highest BCUT2D eigenvalue weighted by atomic mass is 16.5. The van der Waals surface area contributed by atoms with E-state index in [1.54, 1.807) is 0 Å². The fraction of sp³-hybridized carbons (Fsp3) is 0.435. The van der Waals surface area contributed by atoms with E-state index in [1.165, 1.54) is 0 Å². The highest BCUT2D eigenvalue weighted by Crippen LogP contribution is 2.36. The average molecular weight is 422 g/mol. The van der Waals surface area contributed by atoms with Crippen LogP contribution < -0.4 is 15.8 Å². The van der Waals surface area contributed by atoms with Crippen LogP contribution in [0.5, 0.6) is 5.88 Å². The van der Waals surface area contributed by atoms with Gasteiger partial charge in [0.1, 0.15) is 6.61 Å². The number of nitrogens with one attached hydrogen (secondary N) is 2. The van der Waals surface area contributed by atoms with Gasteiger partial charge in [0.15, 0.2) is 0 Å². The standard InChI is InChI=1S/C23H31N7O/c1-13-10-17(14(2)24)20(25-4)12-26-8-9-31-23-21(15(3)29-30(23)5)16-6-7-19-18(11-16)22(13)28-27-19/h6-7,11,13,26H,8-10,12,24H2,1-5H3,(H,27,28)/b17-14-,25-20?. The molecule has 1 aromatic carbocycles. The van der Waals surface area contributed by atoms with Gasteiger partial charge in [0.05, 0.1) is 22.5 Å². The number of aliphatic imine (C=N–C) groups is 1. The van der Waals surface area contributed by atoms with Crippen molar-refractivity contribution in [1.29, 1.82) is 0 Å². The van der Waals surface area contributed by atoms with Gasteiger partial charge in [0.2, 0.25) is 5.88 Å². The fourth-order valence-corrected chi connectivity index (χ4v) is 4.36. The molecule has 0 saturated heterocycles. The summed E-state index contributed by atoms with van der Waals surface area (Å²) in [5, 5.41) is 17.0. The van der Waals surface area contributed by atoms with Gasteiger partial charge in [-0.15, -0.1) is 0 Å². The van der Waals surface area contributed by atoms with Crippen molar-refractivity contribution in [2.24, 2.45) is 17.8 Å². The Morgan fingerprint density at radius 1 is 1.35 bits per heavy atom. The van der Waals surface area contributed by atoms with Gasteiger partial charge in [-0.3, -0.25) is 10.1 Å². The number of fused-ring (bicyclic) bond motifs is 3. The van der Waals surface area contributed by atoms with Crippen LogP contribution in [0.3, 0.4) is 0 Å². The minimum Gasteiger partial charge on any atom is -0.476 e. The van der Waals surface area contributed by atoms with E-state index in [9.17, 15) is 0 Å². The van der Waals surface area contributed by atoms with Crippen LogP contribution in [0.4, 0.5) is 0 Å². The predicted molar refractivity (Wildman–Crippen MR) is 125 cm³/mol. The molecular formula is C23H31N7O. The molecule has 0 aliphatic carbocycles. The third kappa shape index (κ3) is 3.95. The minimum atomic E-state index is 0.196.